The third kappa shape index (κ3) is 48.4. The van der Waals surface area contributed by atoms with E-state index < -0.39 is 29.4 Å². The molecule has 0 unspecified atom stereocenters. The van der Waals surface area contributed by atoms with Crippen molar-refractivity contribution >= 4 is 14.3 Å². The van der Waals surface area contributed by atoms with Crippen LogP contribution in [0.25, 0.3) is 16.0 Å². The summed E-state index contributed by atoms with van der Waals surface area (Å²) in [6.07, 6.45) is 0. The number of hydrogen-bond acceptors (Lipinski definition) is 0. The Bertz CT molecular complexity index is 605. The molecule has 0 aromatic heterocycles. The van der Waals surface area contributed by atoms with Gasteiger partial charge >= 0.3 is 95.1 Å². The molecular weight excluding hydrogens is 761 g/mol. The van der Waals surface area contributed by atoms with E-state index in [-0.39, 0.29) is 26.2 Å². The molecule has 273 valence electrons. The van der Waals surface area contributed by atoms with Crippen LogP contribution < -0.4 is 0 Å². The normalized spacial score (nSPS) is 11.8. The molecule has 0 spiro atoms. The standard InChI is InChI=1S/3C8H18N.C5H5.C3F9Ge.Zr/c3*1-7(2)5-9-6-8(3)4;1-2-4-5-3-1;4-1(5,6)13(2(7,8)9)3(10,11)12;/h3*7-8H,5-6H2,1-4H3;1-5H;;/q4*-1;;+4. The molecule has 0 saturated carbocycles. The van der Waals surface area contributed by atoms with E-state index in [0.29, 0.717) is 0 Å². The Hall–Kier alpha value is 0.0260. The maximum atomic E-state index is 11.3. The third-order valence-corrected chi connectivity index (χ3v) is 7.94. The van der Waals surface area contributed by atoms with Crippen molar-refractivity contribution in [3.05, 3.63) is 46.3 Å². The first-order chi connectivity index (χ1) is 20.2. The first kappa shape index (κ1) is 55.4. The van der Waals surface area contributed by atoms with Gasteiger partial charge in [-0.25, -0.2) is 12.1 Å². The smallest absolute Gasteiger partial charge is 0.214 e. The summed E-state index contributed by atoms with van der Waals surface area (Å²) in [6, 6.07) is 10.0. The Morgan fingerprint density at radius 3 is 0.674 bits per heavy atom. The predicted molar refractivity (Wildman–Crippen MR) is 174 cm³/mol. The molecule has 1 aromatic rings. The summed E-state index contributed by atoms with van der Waals surface area (Å²) in [5.41, 5.74) is 0. The van der Waals surface area contributed by atoms with E-state index in [1.165, 1.54) is 0 Å². The molecule has 1 radical (unpaired) electrons. The van der Waals surface area contributed by atoms with Crippen LogP contribution in [-0.4, -0.2) is 68.6 Å². The second kappa shape index (κ2) is 31.0. The van der Waals surface area contributed by atoms with Crippen LogP contribution in [0, 0.1) is 35.5 Å². The summed E-state index contributed by atoms with van der Waals surface area (Å²) in [6.45, 7) is 32.5. The monoisotopic (exact) mass is 820 g/mol. The first-order valence-corrected chi connectivity index (χ1v) is 18.5. The van der Waals surface area contributed by atoms with Crippen LogP contribution in [0.15, 0.2) is 30.3 Å². The Labute approximate surface area is 298 Å². The number of nitrogens with zero attached hydrogens (tertiary/aromatic N) is 3. The summed E-state index contributed by atoms with van der Waals surface area (Å²) in [5, 5.41) is -5.48. The molecule has 0 heterocycles. The van der Waals surface area contributed by atoms with E-state index in [1.54, 1.807) is 0 Å². The van der Waals surface area contributed by atoms with Crippen LogP contribution in [0.2, 0.25) is 0 Å². The van der Waals surface area contributed by atoms with Crippen LogP contribution in [0.3, 0.4) is 0 Å². The number of rotatable bonds is 12. The van der Waals surface area contributed by atoms with E-state index >= 15 is 0 Å². The van der Waals surface area contributed by atoms with Crippen LogP contribution in [-0.2, 0) is 26.2 Å². The third-order valence-electron chi connectivity index (χ3n) is 4.37. The van der Waals surface area contributed by atoms with Gasteiger partial charge in [0.25, 0.3) is 0 Å². The second-order valence-corrected chi connectivity index (χ2v) is 18.1. The van der Waals surface area contributed by atoms with Crippen molar-refractivity contribution in [3.63, 3.8) is 0 Å². The summed E-state index contributed by atoms with van der Waals surface area (Å²) in [7, 11) is 0. The molecule has 0 aliphatic carbocycles. The maximum absolute atomic E-state index is 11.3. The molecule has 0 amide bonds. The van der Waals surface area contributed by atoms with Gasteiger partial charge in [0.05, 0.1) is 0 Å². The number of alkyl halides is 9. The number of halogens is 9. The Morgan fingerprint density at radius 1 is 0.435 bits per heavy atom. The van der Waals surface area contributed by atoms with Gasteiger partial charge in [-0.3, -0.25) is 0 Å². The van der Waals surface area contributed by atoms with Gasteiger partial charge < -0.3 is 16.0 Å². The van der Waals surface area contributed by atoms with Crippen LogP contribution in [0.4, 0.5) is 39.5 Å². The summed E-state index contributed by atoms with van der Waals surface area (Å²) in [4.78, 5) is 0. The minimum Gasteiger partial charge on any atom is -0.214 e. The van der Waals surface area contributed by atoms with Crippen molar-refractivity contribution in [2.75, 3.05) is 39.3 Å². The molecule has 0 fully saturated rings. The first-order valence-electron chi connectivity index (χ1n) is 15.4. The fourth-order valence-corrected chi connectivity index (χ4v) is 4.60. The van der Waals surface area contributed by atoms with Crippen molar-refractivity contribution in [2.24, 2.45) is 35.5 Å². The molecule has 0 aliphatic rings. The van der Waals surface area contributed by atoms with Gasteiger partial charge in [-0.15, -0.1) is 39.3 Å². The number of hydrogen-bond donors (Lipinski definition) is 0. The zero-order valence-corrected chi connectivity index (χ0v) is 34.4. The molecule has 1 aromatic carbocycles. The van der Waals surface area contributed by atoms with E-state index in [9.17, 15) is 39.5 Å². The largest absolute Gasteiger partial charge is 4.00 e. The Morgan fingerprint density at radius 2 is 0.609 bits per heavy atom. The molecule has 46 heavy (non-hydrogen) atoms. The molecule has 0 aliphatic heterocycles. The molecule has 14 heteroatoms. The van der Waals surface area contributed by atoms with Gasteiger partial charge in [0, 0.05) is 0 Å². The molecule has 0 atom stereocenters. The second-order valence-electron chi connectivity index (χ2n) is 13.0. The van der Waals surface area contributed by atoms with Crippen LogP contribution in [0.5, 0.6) is 0 Å². The van der Waals surface area contributed by atoms with Crippen LogP contribution >= 0.6 is 0 Å². The Balaban J connectivity index is -0.000000155. The van der Waals surface area contributed by atoms with Crippen LogP contribution in [0.1, 0.15) is 83.1 Å². The van der Waals surface area contributed by atoms with E-state index in [4.69, 9.17) is 0 Å². The predicted octanol–water partition coefficient (Wildman–Crippen LogP) is 12.2. The minimum atomic E-state index is -7.10. The summed E-state index contributed by atoms with van der Waals surface area (Å²) >= 11 is -7.10. The minimum absolute atomic E-state index is 0. The van der Waals surface area contributed by atoms with Crippen molar-refractivity contribution in [1.82, 2.24) is 0 Å². The Kier molecular flexibility index (Phi) is 37.4. The molecule has 1 rings (SSSR count). The van der Waals surface area contributed by atoms with Gasteiger partial charge in [-0.1, -0.05) is 119 Å². The average Bonchev–Trinajstić information content (AvgIpc) is 3.36. The fraction of sp³-hybridized carbons (Fsp3) is 0.844. The van der Waals surface area contributed by atoms with Gasteiger partial charge in [0.15, 0.2) is 0 Å². The quantitative estimate of drug-likeness (QED) is 0.115. The summed E-state index contributed by atoms with van der Waals surface area (Å²) in [5.74, 6) is 4.35. The van der Waals surface area contributed by atoms with E-state index in [1.807, 2.05) is 30.3 Å². The summed E-state index contributed by atoms with van der Waals surface area (Å²) < 4.78 is 102. The van der Waals surface area contributed by atoms with Gasteiger partial charge in [0.2, 0.25) is 0 Å². The SMILES string of the molecule is CC(C)C[N-]CC(C)C.CC(C)C[N-]CC(C)C.CC(C)C[N-]CC(C)C.F[C](F)(F)[Ge]([C](F)(F)F)[C](F)(F)F.[Zr+4].c1cc[cH-]c1. The molecule has 0 bridgehead atoms. The van der Waals surface area contributed by atoms with Crippen molar-refractivity contribution in [2.45, 2.75) is 98.1 Å². The van der Waals surface area contributed by atoms with Crippen molar-refractivity contribution < 1.29 is 65.7 Å². The zero-order chi connectivity index (χ0) is 36.4. The van der Waals surface area contributed by atoms with Gasteiger partial charge in [-0.2, -0.15) is 18.2 Å². The van der Waals surface area contributed by atoms with Crippen molar-refractivity contribution in [3.8, 4) is 0 Å². The molecule has 0 N–H and O–H groups in total. The van der Waals surface area contributed by atoms with Gasteiger partial charge in [-0.05, 0) is 0 Å². The maximum Gasteiger partial charge on any atom is 4.00 e. The van der Waals surface area contributed by atoms with E-state index in [2.05, 4.69) is 99.0 Å². The van der Waals surface area contributed by atoms with Crippen molar-refractivity contribution in [1.29, 1.82) is 0 Å². The molecule has 0 saturated heterocycles. The molecule has 3 nitrogen and oxygen atoms in total. The average molecular weight is 821 g/mol. The zero-order valence-electron chi connectivity index (χ0n) is 29.8. The van der Waals surface area contributed by atoms with E-state index in [0.717, 1.165) is 74.8 Å². The topological polar surface area (TPSA) is 42.3 Å². The fourth-order valence-electron chi connectivity index (χ4n) is 2.58. The molecular formula is C32H59F9GeN3Zr. The van der Waals surface area contributed by atoms with Gasteiger partial charge in [0.1, 0.15) is 0 Å².